The molecule has 0 aliphatic carbocycles. The first-order valence-electron chi connectivity index (χ1n) is 15.3. The molecule has 0 amide bonds. The molecular weight excluding hydrogens is 568 g/mol. The summed E-state index contributed by atoms with van der Waals surface area (Å²) in [6.45, 7) is 0.951. The van der Waals surface area contributed by atoms with Gasteiger partial charge in [0.1, 0.15) is 40.6 Å². The van der Waals surface area contributed by atoms with Gasteiger partial charge < -0.3 is 9.47 Å². The smallest absolute Gasteiger partial charge is 0.134 e. The average Bonchev–Trinajstić information content (AvgIpc) is 3.01. The summed E-state index contributed by atoms with van der Waals surface area (Å²) in [4.78, 5) is 12.2. The van der Waals surface area contributed by atoms with E-state index in [4.69, 9.17) is 9.47 Å². The Balaban J connectivity index is 0.988. The van der Waals surface area contributed by atoms with Crippen LogP contribution >= 0.6 is 0 Å². The van der Waals surface area contributed by atoms with E-state index in [2.05, 4.69) is 0 Å². The zero-order chi connectivity index (χ0) is 31.1. The highest BCUT2D eigenvalue weighted by atomic mass is 19.1. The van der Waals surface area contributed by atoms with Gasteiger partial charge in [-0.3, -0.25) is 4.79 Å². The third kappa shape index (κ3) is 10.5. The second-order valence-corrected chi connectivity index (χ2v) is 10.9. The lowest BCUT2D eigenvalue weighted by molar-refractivity contribution is -0.119. The van der Waals surface area contributed by atoms with Crippen molar-refractivity contribution < 1.29 is 31.8 Å². The SMILES string of the molecule is O=C(CCCCCCOc1ccc(-c2ccc(F)cc2)c(F)c1)CCCCCCOc1ccc(-c2ccc(F)cc2)c(F)c1. The van der Waals surface area contributed by atoms with E-state index in [0.29, 0.717) is 59.8 Å². The van der Waals surface area contributed by atoms with Crippen molar-refractivity contribution in [3.05, 3.63) is 108 Å². The van der Waals surface area contributed by atoms with Crippen molar-refractivity contribution in [1.29, 1.82) is 0 Å². The number of ether oxygens (including phenoxy) is 2. The summed E-state index contributed by atoms with van der Waals surface area (Å²) in [5.74, 6) is -0.349. The standard InChI is InChI=1S/C37H38F4O3/c38-29-15-11-27(12-16-29)34-21-19-32(25-36(34)40)43-23-7-3-1-5-9-31(42)10-6-2-4-8-24-44-33-20-22-35(37(41)26-33)28-13-17-30(39)18-14-28/h11-22,25-26H,1-10,23-24H2. The van der Waals surface area contributed by atoms with Crippen molar-refractivity contribution in [2.45, 2.75) is 64.2 Å². The topological polar surface area (TPSA) is 35.5 Å². The van der Waals surface area contributed by atoms with E-state index in [0.717, 1.165) is 51.4 Å². The summed E-state index contributed by atoms with van der Waals surface area (Å²) < 4.78 is 66.5. The summed E-state index contributed by atoms with van der Waals surface area (Å²) in [6, 6.07) is 20.8. The normalized spacial score (nSPS) is 11.0. The fourth-order valence-corrected chi connectivity index (χ4v) is 4.96. The van der Waals surface area contributed by atoms with Gasteiger partial charge in [-0.25, -0.2) is 17.6 Å². The lowest BCUT2D eigenvalue weighted by Gasteiger charge is -2.09. The van der Waals surface area contributed by atoms with Crippen LogP contribution in [0.25, 0.3) is 22.3 Å². The Morgan fingerprint density at radius 2 is 0.864 bits per heavy atom. The molecule has 0 aromatic heterocycles. The number of ketones is 1. The molecule has 7 heteroatoms. The number of benzene rings is 4. The molecule has 0 bridgehead atoms. The van der Waals surface area contributed by atoms with E-state index in [1.165, 1.54) is 36.4 Å². The first-order valence-corrected chi connectivity index (χ1v) is 15.3. The molecule has 0 N–H and O–H groups in total. The predicted octanol–water partition coefficient (Wildman–Crippen LogP) is 10.5. The van der Waals surface area contributed by atoms with Crippen LogP contribution in [0.15, 0.2) is 84.9 Å². The lowest BCUT2D eigenvalue weighted by Crippen LogP contribution is -2.00. The quantitative estimate of drug-likeness (QED) is 0.0835. The van der Waals surface area contributed by atoms with E-state index in [1.807, 2.05) is 0 Å². The fraction of sp³-hybridized carbons (Fsp3) is 0.324. The first kappa shape index (κ1) is 32.8. The van der Waals surface area contributed by atoms with Crippen LogP contribution in [0.2, 0.25) is 0 Å². The molecule has 0 saturated carbocycles. The van der Waals surface area contributed by atoms with Crippen molar-refractivity contribution in [3.63, 3.8) is 0 Å². The molecule has 0 aliphatic rings. The molecule has 4 rings (SSSR count). The summed E-state index contributed by atoms with van der Waals surface area (Å²) in [6.07, 6.45) is 8.26. The van der Waals surface area contributed by atoms with Crippen LogP contribution in [-0.2, 0) is 4.79 Å². The van der Waals surface area contributed by atoms with Crippen LogP contribution in [0.5, 0.6) is 11.5 Å². The van der Waals surface area contributed by atoms with Gasteiger partial charge in [-0.1, -0.05) is 49.9 Å². The fourth-order valence-electron chi connectivity index (χ4n) is 4.96. The third-order valence-electron chi connectivity index (χ3n) is 7.43. The van der Waals surface area contributed by atoms with Gasteiger partial charge in [0.25, 0.3) is 0 Å². The van der Waals surface area contributed by atoms with Crippen molar-refractivity contribution in [1.82, 2.24) is 0 Å². The largest absolute Gasteiger partial charge is 0.493 e. The summed E-state index contributed by atoms with van der Waals surface area (Å²) in [5, 5.41) is 0. The highest BCUT2D eigenvalue weighted by Crippen LogP contribution is 2.28. The minimum Gasteiger partial charge on any atom is -0.493 e. The molecule has 44 heavy (non-hydrogen) atoms. The molecule has 0 fully saturated rings. The molecule has 0 radical (unpaired) electrons. The van der Waals surface area contributed by atoms with Crippen LogP contribution < -0.4 is 9.47 Å². The number of Topliss-reactive ketones (excluding diaryl/α,β-unsaturated/α-hetero) is 1. The van der Waals surface area contributed by atoms with Gasteiger partial charge >= 0.3 is 0 Å². The predicted molar refractivity (Wildman–Crippen MR) is 166 cm³/mol. The highest BCUT2D eigenvalue weighted by molar-refractivity contribution is 5.78. The van der Waals surface area contributed by atoms with Gasteiger partial charge in [-0.2, -0.15) is 0 Å². The van der Waals surface area contributed by atoms with Crippen LogP contribution in [0, 0.1) is 23.3 Å². The summed E-state index contributed by atoms with van der Waals surface area (Å²) in [5.41, 5.74) is 2.02. The van der Waals surface area contributed by atoms with Gasteiger partial charge in [0.05, 0.1) is 13.2 Å². The third-order valence-corrected chi connectivity index (χ3v) is 7.43. The van der Waals surface area contributed by atoms with Gasteiger partial charge in [-0.05, 0) is 85.3 Å². The molecule has 232 valence electrons. The van der Waals surface area contributed by atoms with Crippen LogP contribution in [0.3, 0.4) is 0 Å². The van der Waals surface area contributed by atoms with Gasteiger partial charge in [0.2, 0.25) is 0 Å². The zero-order valence-corrected chi connectivity index (χ0v) is 24.8. The Bertz CT molecular complexity index is 1360. The molecule has 4 aromatic carbocycles. The van der Waals surface area contributed by atoms with Crippen LogP contribution in [-0.4, -0.2) is 19.0 Å². The Morgan fingerprint density at radius 1 is 0.477 bits per heavy atom. The van der Waals surface area contributed by atoms with Gasteiger partial charge in [-0.15, -0.1) is 0 Å². The minimum absolute atomic E-state index is 0.283. The Hall–Kier alpha value is -4.13. The van der Waals surface area contributed by atoms with E-state index in [9.17, 15) is 22.4 Å². The van der Waals surface area contributed by atoms with Crippen molar-refractivity contribution >= 4 is 5.78 Å². The monoisotopic (exact) mass is 606 g/mol. The summed E-state index contributed by atoms with van der Waals surface area (Å²) >= 11 is 0. The number of halogens is 4. The van der Waals surface area contributed by atoms with Crippen molar-refractivity contribution in [2.75, 3.05) is 13.2 Å². The maximum atomic E-state index is 14.5. The number of rotatable bonds is 18. The lowest BCUT2D eigenvalue weighted by atomic mass is 10.0. The average molecular weight is 607 g/mol. The van der Waals surface area contributed by atoms with E-state index in [-0.39, 0.29) is 17.4 Å². The Labute approximate surface area is 256 Å². The molecule has 0 saturated heterocycles. The molecule has 0 spiro atoms. The number of hydrogen-bond acceptors (Lipinski definition) is 3. The zero-order valence-electron chi connectivity index (χ0n) is 24.8. The number of carbonyl (C=O) groups excluding carboxylic acids is 1. The molecule has 3 nitrogen and oxygen atoms in total. The van der Waals surface area contributed by atoms with Crippen molar-refractivity contribution in [3.8, 4) is 33.8 Å². The first-order chi connectivity index (χ1) is 21.4. The van der Waals surface area contributed by atoms with Crippen LogP contribution in [0.4, 0.5) is 17.6 Å². The molecule has 4 aromatic rings. The van der Waals surface area contributed by atoms with Gasteiger partial charge in [0.15, 0.2) is 0 Å². The molecule has 0 heterocycles. The van der Waals surface area contributed by atoms with E-state index >= 15 is 0 Å². The highest BCUT2D eigenvalue weighted by Gasteiger charge is 2.09. The number of carbonyl (C=O) groups is 1. The van der Waals surface area contributed by atoms with Crippen molar-refractivity contribution in [2.24, 2.45) is 0 Å². The molecule has 0 aliphatic heterocycles. The maximum Gasteiger partial charge on any atom is 0.134 e. The van der Waals surface area contributed by atoms with E-state index < -0.39 is 11.6 Å². The Kier molecular flexibility index (Phi) is 12.8. The molecule has 0 unspecified atom stereocenters. The molecule has 0 atom stereocenters. The summed E-state index contributed by atoms with van der Waals surface area (Å²) in [7, 11) is 0. The second kappa shape index (κ2) is 17.2. The maximum absolute atomic E-state index is 14.5. The van der Waals surface area contributed by atoms with Gasteiger partial charge in [0, 0.05) is 36.1 Å². The second-order valence-electron chi connectivity index (χ2n) is 10.9. The number of hydrogen-bond donors (Lipinski definition) is 0. The number of unbranched alkanes of at least 4 members (excludes halogenated alkanes) is 6. The Morgan fingerprint density at radius 3 is 1.25 bits per heavy atom. The van der Waals surface area contributed by atoms with E-state index in [1.54, 1.807) is 48.5 Å². The van der Waals surface area contributed by atoms with Crippen LogP contribution in [0.1, 0.15) is 64.2 Å². The molecular formula is C37H38F4O3. The minimum atomic E-state index is -0.413.